The molecule has 1 saturated heterocycles. The number of benzene rings is 1. The molecular formula is C26H36FN3O3S. The zero-order valence-electron chi connectivity index (χ0n) is 20.3. The van der Waals surface area contributed by atoms with Crippen molar-refractivity contribution in [2.75, 3.05) is 45.9 Å². The van der Waals surface area contributed by atoms with E-state index in [1.807, 2.05) is 18.4 Å². The van der Waals surface area contributed by atoms with E-state index in [0.717, 1.165) is 48.5 Å². The Balaban J connectivity index is 1.72. The molecule has 1 aromatic heterocycles. The number of thiophene rings is 1. The van der Waals surface area contributed by atoms with Gasteiger partial charge in [-0.1, -0.05) is 25.5 Å². The molecule has 6 nitrogen and oxygen atoms in total. The minimum atomic E-state index is -0.300. The fraction of sp³-hybridized carbons (Fsp3) is 0.538. The van der Waals surface area contributed by atoms with Gasteiger partial charge in [0.25, 0.3) is 0 Å². The Bertz CT molecular complexity index is 912. The van der Waals surface area contributed by atoms with E-state index in [-0.39, 0.29) is 24.2 Å². The maximum atomic E-state index is 13.5. The number of hydrogen-bond donors (Lipinski definition) is 0. The summed E-state index contributed by atoms with van der Waals surface area (Å²) in [6, 6.07) is 8.29. The largest absolute Gasteiger partial charge is 0.379 e. The highest BCUT2D eigenvalue weighted by Crippen LogP contribution is 2.20. The maximum Gasteiger partial charge on any atom is 0.242 e. The summed E-state index contributed by atoms with van der Waals surface area (Å²) in [7, 11) is 0. The number of unbranched alkanes of at least 4 members (excludes halogenated alkanes) is 1. The van der Waals surface area contributed by atoms with Gasteiger partial charge in [0.2, 0.25) is 11.8 Å². The second kappa shape index (κ2) is 13.6. The van der Waals surface area contributed by atoms with Crippen LogP contribution in [0.15, 0.2) is 35.7 Å². The van der Waals surface area contributed by atoms with Gasteiger partial charge >= 0.3 is 0 Å². The molecule has 1 aliphatic heterocycles. The van der Waals surface area contributed by atoms with Crippen LogP contribution in [0.2, 0.25) is 0 Å². The molecule has 0 radical (unpaired) electrons. The second-order valence-electron chi connectivity index (χ2n) is 8.78. The zero-order valence-corrected chi connectivity index (χ0v) is 21.1. The number of rotatable bonds is 12. The van der Waals surface area contributed by atoms with Crippen LogP contribution in [0.1, 0.15) is 42.2 Å². The highest BCUT2D eigenvalue weighted by molar-refractivity contribution is 7.10. The third-order valence-electron chi connectivity index (χ3n) is 6.15. The van der Waals surface area contributed by atoms with Crippen molar-refractivity contribution in [1.29, 1.82) is 0 Å². The van der Waals surface area contributed by atoms with Gasteiger partial charge in [0.1, 0.15) is 5.82 Å². The summed E-state index contributed by atoms with van der Waals surface area (Å²) in [5.41, 5.74) is 2.01. The molecule has 0 unspecified atom stereocenters. The maximum absolute atomic E-state index is 13.5. The van der Waals surface area contributed by atoms with Gasteiger partial charge in [0, 0.05) is 44.0 Å². The third-order valence-corrected chi connectivity index (χ3v) is 7.16. The van der Waals surface area contributed by atoms with Crippen LogP contribution in [0, 0.1) is 12.7 Å². The minimum absolute atomic E-state index is 0.0255. The predicted octanol–water partition coefficient (Wildman–Crippen LogP) is 4.08. The molecule has 1 fully saturated rings. The lowest BCUT2D eigenvalue weighted by Gasteiger charge is -2.31. The molecule has 34 heavy (non-hydrogen) atoms. The standard InChI is InChI=1S/C26H36FN3O3S/c1-3-4-5-25(31)29(12-11-28-13-15-33-16-14-28)20-26(32)30(19-24-21(2)10-17-34-24)18-22-6-8-23(27)9-7-22/h6-10,17H,3-5,11-16,18-20H2,1-2H3. The van der Waals surface area contributed by atoms with Crippen molar-refractivity contribution in [3.63, 3.8) is 0 Å². The van der Waals surface area contributed by atoms with Crippen molar-refractivity contribution in [3.8, 4) is 0 Å². The summed E-state index contributed by atoms with van der Waals surface area (Å²) in [6.45, 7) is 9.35. The molecule has 0 N–H and O–H groups in total. The number of aryl methyl sites for hydroxylation is 1. The third kappa shape index (κ3) is 8.18. The van der Waals surface area contributed by atoms with Crippen LogP contribution >= 0.6 is 11.3 Å². The molecule has 0 saturated carbocycles. The molecule has 2 amide bonds. The molecule has 1 aromatic carbocycles. The lowest BCUT2D eigenvalue weighted by molar-refractivity contribution is -0.141. The molecule has 0 aliphatic carbocycles. The van der Waals surface area contributed by atoms with Crippen molar-refractivity contribution in [3.05, 3.63) is 57.5 Å². The molecule has 0 spiro atoms. The average Bonchev–Trinajstić information content (AvgIpc) is 3.25. The number of nitrogens with zero attached hydrogens (tertiary/aromatic N) is 3. The minimum Gasteiger partial charge on any atom is -0.379 e. The van der Waals surface area contributed by atoms with Crippen molar-refractivity contribution in [2.45, 2.75) is 46.2 Å². The summed E-state index contributed by atoms with van der Waals surface area (Å²) >= 11 is 1.62. The Kier molecular flexibility index (Phi) is 10.5. The van der Waals surface area contributed by atoms with Crippen LogP contribution in [-0.4, -0.2) is 72.5 Å². The van der Waals surface area contributed by atoms with Gasteiger partial charge in [-0.2, -0.15) is 0 Å². The first kappa shape index (κ1) is 26.3. The molecule has 3 rings (SSSR count). The Morgan fingerprint density at radius 1 is 1.06 bits per heavy atom. The van der Waals surface area contributed by atoms with Crippen molar-refractivity contribution in [2.24, 2.45) is 0 Å². The van der Waals surface area contributed by atoms with Gasteiger partial charge in [0.15, 0.2) is 0 Å². The molecule has 8 heteroatoms. The monoisotopic (exact) mass is 489 g/mol. The summed E-state index contributed by atoms with van der Waals surface area (Å²) in [6.07, 6.45) is 2.20. The summed E-state index contributed by atoms with van der Waals surface area (Å²) in [5.74, 6) is -0.368. The molecule has 1 aliphatic rings. The van der Waals surface area contributed by atoms with E-state index < -0.39 is 0 Å². The van der Waals surface area contributed by atoms with Gasteiger partial charge in [-0.25, -0.2) is 4.39 Å². The number of amides is 2. The van der Waals surface area contributed by atoms with Crippen LogP contribution < -0.4 is 0 Å². The number of hydrogen-bond acceptors (Lipinski definition) is 5. The highest BCUT2D eigenvalue weighted by Gasteiger charge is 2.23. The normalized spacial score (nSPS) is 14.2. The fourth-order valence-corrected chi connectivity index (χ4v) is 4.83. The quantitative estimate of drug-likeness (QED) is 0.451. The van der Waals surface area contributed by atoms with Gasteiger partial charge < -0.3 is 14.5 Å². The smallest absolute Gasteiger partial charge is 0.242 e. The molecule has 186 valence electrons. The number of morpholine rings is 1. The topological polar surface area (TPSA) is 53.1 Å². The SMILES string of the molecule is CCCCC(=O)N(CCN1CCOCC1)CC(=O)N(Cc1ccc(F)cc1)Cc1sccc1C. The Morgan fingerprint density at radius 2 is 1.79 bits per heavy atom. The van der Waals surface area contributed by atoms with Crippen LogP contribution in [0.25, 0.3) is 0 Å². The van der Waals surface area contributed by atoms with E-state index in [0.29, 0.717) is 39.3 Å². The molecule has 2 aromatic rings. The van der Waals surface area contributed by atoms with Crippen molar-refractivity contribution in [1.82, 2.24) is 14.7 Å². The first-order valence-corrected chi connectivity index (χ1v) is 13.0. The van der Waals surface area contributed by atoms with Crippen molar-refractivity contribution >= 4 is 23.2 Å². The first-order chi connectivity index (χ1) is 16.5. The zero-order chi connectivity index (χ0) is 24.3. The van der Waals surface area contributed by atoms with E-state index in [9.17, 15) is 14.0 Å². The lowest BCUT2D eigenvalue weighted by Crippen LogP contribution is -2.47. The summed E-state index contributed by atoms with van der Waals surface area (Å²) in [4.78, 5) is 33.4. The van der Waals surface area contributed by atoms with Gasteiger partial charge in [-0.3, -0.25) is 14.5 Å². The van der Waals surface area contributed by atoms with Crippen LogP contribution in [0.3, 0.4) is 0 Å². The van der Waals surface area contributed by atoms with E-state index in [4.69, 9.17) is 4.74 Å². The molecule has 0 atom stereocenters. The van der Waals surface area contributed by atoms with Crippen molar-refractivity contribution < 1.29 is 18.7 Å². The first-order valence-electron chi connectivity index (χ1n) is 12.1. The Hall–Kier alpha value is -2.29. The highest BCUT2D eigenvalue weighted by atomic mass is 32.1. The molecule has 2 heterocycles. The van der Waals surface area contributed by atoms with Gasteiger partial charge in [-0.15, -0.1) is 11.3 Å². The van der Waals surface area contributed by atoms with E-state index in [2.05, 4.69) is 11.8 Å². The fourth-order valence-electron chi connectivity index (χ4n) is 3.91. The number of ether oxygens (including phenoxy) is 1. The Morgan fingerprint density at radius 3 is 2.44 bits per heavy atom. The summed E-state index contributed by atoms with van der Waals surface area (Å²) in [5, 5.41) is 2.02. The van der Waals surface area contributed by atoms with Crippen LogP contribution in [0.4, 0.5) is 4.39 Å². The predicted molar refractivity (Wildman–Crippen MR) is 133 cm³/mol. The van der Waals surface area contributed by atoms with Crippen LogP contribution in [-0.2, 0) is 27.4 Å². The van der Waals surface area contributed by atoms with E-state index in [1.54, 1.807) is 33.3 Å². The Labute approximate surface area is 206 Å². The number of carbonyl (C=O) groups excluding carboxylic acids is 2. The average molecular weight is 490 g/mol. The van der Waals surface area contributed by atoms with E-state index in [1.165, 1.54) is 12.1 Å². The van der Waals surface area contributed by atoms with Gasteiger partial charge in [0.05, 0.1) is 26.3 Å². The summed E-state index contributed by atoms with van der Waals surface area (Å²) < 4.78 is 18.8. The number of halogens is 1. The molecular weight excluding hydrogens is 453 g/mol. The second-order valence-corrected chi connectivity index (χ2v) is 9.78. The van der Waals surface area contributed by atoms with Gasteiger partial charge in [-0.05, 0) is 48.1 Å². The number of carbonyl (C=O) groups is 2. The lowest BCUT2D eigenvalue weighted by atomic mass is 10.2. The molecule has 0 bridgehead atoms. The van der Waals surface area contributed by atoms with E-state index >= 15 is 0 Å². The van der Waals surface area contributed by atoms with Crippen LogP contribution in [0.5, 0.6) is 0 Å².